The Morgan fingerprint density at radius 2 is 1.62 bits per heavy atom. The van der Waals surface area contributed by atoms with Crippen molar-refractivity contribution in [3.8, 4) is 0 Å². The molecule has 0 aliphatic heterocycles. The third-order valence-electron chi connectivity index (χ3n) is 1.40. The zero-order valence-electron chi connectivity index (χ0n) is 9.43. The summed E-state index contributed by atoms with van der Waals surface area (Å²) in [7, 11) is 0.574. The largest absolute Gasteiger partial charge is 0.596 e. The minimum atomic E-state index is -2.63. The second-order valence-corrected chi connectivity index (χ2v) is 6.24. The van der Waals surface area contributed by atoms with Crippen LogP contribution in [-0.2, 0) is 13.3 Å². The predicted molar refractivity (Wildman–Crippen MR) is 54.3 cm³/mol. The highest BCUT2D eigenvalue weighted by molar-refractivity contribution is 6.58. The van der Waals surface area contributed by atoms with Gasteiger partial charge in [-0.1, -0.05) is 0 Å². The van der Waals surface area contributed by atoms with Crippen LogP contribution >= 0.6 is 0 Å². The average Bonchev–Trinajstić information content (AvgIpc) is 2.01. The quantitative estimate of drug-likeness (QED) is 0.686. The van der Waals surface area contributed by atoms with E-state index in [1.807, 2.05) is 27.7 Å². The van der Waals surface area contributed by atoms with Crippen molar-refractivity contribution in [2.24, 2.45) is 0 Å². The number of rotatable bonds is 5. The van der Waals surface area contributed by atoms with Crippen molar-refractivity contribution in [2.45, 2.75) is 33.2 Å². The maximum Gasteiger partial charge on any atom is 0.596 e. The fourth-order valence-corrected chi connectivity index (χ4v) is 2.97. The summed E-state index contributed by atoms with van der Waals surface area (Å²) in [5.41, 5.74) is -0.0760. The molecule has 0 aromatic heterocycles. The molecular formula is C8H21NO3Si. The van der Waals surface area contributed by atoms with E-state index in [9.17, 15) is 0 Å². The van der Waals surface area contributed by atoms with Gasteiger partial charge in [0.1, 0.15) is 0 Å². The first-order valence-electron chi connectivity index (χ1n) is 4.42. The molecule has 0 unspecified atom stereocenters. The second-order valence-electron chi connectivity index (χ2n) is 3.77. The average molecular weight is 207 g/mol. The van der Waals surface area contributed by atoms with E-state index in [1.54, 1.807) is 14.2 Å². The predicted octanol–water partition coefficient (Wildman–Crippen LogP) is 1.14. The van der Waals surface area contributed by atoms with Gasteiger partial charge < -0.3 is 13.3 Å². The highest BCUT2D eigenvalue weighted by Crippen LogP contribution is 2.10. The molecule has 0 aromatic carbocycles. The van der Waals surface area contributed by atoms with Gasteiger partial charge in [0.25, 0.3) is 0 Å². The Balaban J connectivity index is 4.38. The first-order valence-corrected chi connectivity index (χ1v) is 6.15. The topological polar surface area (TPSA) is 39.7 Å². The van der Waals surface area contributed by atoms with Gasteiger partial charge in [0.2, 0.25) is 0 Å². The third kappa shape index (κ3) is 4.73. The van der Waals surface area contributed by atoms with Crippen LogP contribution in [0, 0.1) is 0 Å². The smallest absolute Gasteiger partial charge is 0.364 e. The molecule has 0 saturated carbocycles. The molecule has 0 aliphatic rings. The molecular weight excluding hydrogens is 186 g/mol. The molecule has 5 heteroatoms. The van der Waals surface area contributed by atoms with Crippen LogP contribution in [0.1, 0.15) is 27.7 Å². The minimum Gasteiger partial charge on any atom is -0.364 e. The molecule has 0 fully saturated rings. The summed E-state index contributed by atoms with van der Waals surface area (Å²) in [4.78, 5) is 3.24. The lowest BCUT2D eigenvalue weighted by Gasteiger charge is -2.32. The van der Waals surface area contributed by atoms with Crippen molar-refractivity contribution in [2.75, 3.05) is 20.8 Å². The fraction of sp³-hybridized carbons (Fsp3) is 1.00. The van der Waals surface area contributed by atoms with Crippen LogP contribution in [0.15, 0.2) is 0 Å². The fourth-order valence-electron chi connectivity index (χ4n) is 0.989. The van der Waals surface area contributed by atoms with E-state index in [0.717, 1.165) is 0 Å². The van der Waals surface area contributed by atoms with Gasteiger partial charge in [-0.3, -0.25) is 4.98 Å². The molecule has 0 aliphatic carbocycles. The molecule has 0 bridgehead atoms. The maximum atomic E-state index is 5.49. The lowest BCUT2D eigenvalue weighted by atomic mass is 10.1. The van der Waals surface area contributed by atoms with E-state index in [2.05, 4.69) is 4.98 Å². The van der Waals surface area contributed by atoms with Crippen LogP contribution in [0.25, 0.3) is 0 Å². The summed E-state index contributed by atoms with van der Waals surface area (Å²) in [5.74, 6) is 0. The second kappa shape index (κ2) is 5.07. The molecule has 0 aromatic rings. The summed E-state index contributed by atoms with van der Waals surface area (Å²) >= 11 is 0. The molecule has 0 saturated heterocycles. The van der Waals surface area contributed by atoms with Crippen LogP contribution in [-0.4, -0.2) is 35.3 Å². The zero-order chi connectivity index (χ0) is 10.5. The van der Waals surface area contributed by atoms with Gasteiger partial charge >= 0.3 is 8.97 Å². The van der Waals surface area contributed by atoms with Crippen LogP contribution in [0.4, 0.5) is 0 Å². The van der Waals surface area contributed by atoms with Gasteiger partial charge in [-0.2, -0.15) is 0 Å². The molecule has 0 spiro atoms. The van der Waals surface area contributed by atoms with E-state index in [0.29, 0.717) is 6.61 Å². The molecule has 0 amide bonds. The third-order valence-corrected chi connectivity index (χ3v) is 4.20. The number of hydrogen-bond donors (Lipinski definition) is 1. The van der Waals surface area contributed by atoms with Crippen molar-refractivity contribution >= 4 is 8.97 Å². The SMILES string of the molecule is CCO[Si](NC(C)(C)C)(OC)OC. The minimum absolute atomic E-state index is 0.0760. The van der Waals surface area contributed by atoms with Crippen molar-refractivity contribution < 1.29 is 13.3 Å². The van der Waals surface area contributed by atoms with Gasteiger partial charge in [0, 0.05) is 26.4 Å². The van der Waals surface area contributed by atoms with Crippen LogP contribution in [0.5, 0.6) is 0 Å². The highest BCUT2D eigenvalue weighted by Gasteiger charge is 2.43. The molecule has 0 radical (unpaired) electrons. The standard InChI is InChI=1S/C8H21NO3Si/c1-7-12-13(10-5,11-6)9-8(2,3)4/h9H,7H2,1-6H3. The maximum absolute atomic E-state index is 5.49. The van der Waals surface area contributed by atoms with Crippen LogP contribution in [0.3, 0.4) is 0 Å². The van der Waals surface area contributed by atoms with Crippen molar-refractivity contribution in [1.82, 2.24) is 4.98 Å². The first-order chi connectivity index (χ1) is 5.89. The van der Waals surface area contributed by atoms with E-state index in [-0.39, 0.29) is 5.54 Å². The molecule has 80 valence electrons. The normalized spacial score (nSPS) is 13.4. The van der Waals surface area contributed by atoms with E-state index >= 15 is 0 Å². The Kier molecular flexibility index (Phi) is 5.09. The highest BCUT2D eigenvalue weighted by atomic mass is 28.4. The molecule has 0 heterocycles. The van der Waals surface area contributed by atoms with Crippen LogP contribution in [0.2, 0.25) is 0 Å². The van der Waals surface area contributed by atoms with Crippen molar-refractivity contribution in [1.29, 1.82) is 0 Å². The summed E-state index contributed by atoms with van der Waals surface area (Å²) < 4.78 is 16.1. The van der Waals surface area contributed by atoms with Gasteiger partial charge in [-0.25, -0.2) is 0 Å². The monoisotopic (exact) mass is 207 g/mol. The Hall–Kier alpha value is 0.0569. The Morgan fingerprint density at radius 1 is 1.15 bits per heavy atom. The van der Waals surface area contributed by atoms with E-state index in [1.165, 1.54) is 0 Å². The lowest BCUT2D eigenvalue weighted by Crippen LogP contribution is -2.63. The first kappa shape index (κ1) is 13.1. The number of nitrogens with one attached hydrogen (secondary N) is 1. The van der Waals surface area contributed by atoms with Crippen LogP contribution < -0.4 is 4.98 Å². The van der Waals surface area contributed by atoms with E-state index in [4.69, 9.17) is 13.3 Å². The van der Waals surface area contributed by atoms with E-state index < -0.39 is 8.97 Å². The van der Waals surface area contributed by atoms with Crippen molar-refractivity contribution in [3.05, 3.63) is 0 Å². The molecule has 0 rings (SSSR count). The van der Waals surface area contributed by atoms with Gasteiger partial charge in [0.05, 0.1) is 0 Å². The summed E-state index contributed by atoms with van der Waals surface area (Å²) in [5, 5.41) is 0. The van der Waals surface area contributed by atoms with Gasteiger partial charge in [-0.05, 0) is 27.7 Å². The molecule has 13 heavy (non-hydrogen) atoms. The van der Waals surface area contributed by atoms with Crippen molar-refractivity contribution in [3.63, 3.8) is 0 Å². The summed E-state index contributed by atoms with van der Waals surface area (Å²) in [6.45, 7) is 8.64. The van der Waals surface area contributed by atoms with Gasteiger partial charge in [-0.15, -0.1) is 0 Å². The number of hydrogen-bond acceptors (Lipinski definition) is 4. The Morgan fingerprint density at radius 3 is 1.85 bits per heavy atom. The Bertz CT molecular complexity index is 143. The zero-order valence-corrected chi connectivity index (χ0v) is 10.4. The van der Waals surface area contributed by atoms with Gasteiger partial charge in [0.15, 0.2) is 0 Å². The Labute approximate surface area is 82.0 Å². The molecule has 1 N–H and O–H groups in total. The molecule has 4 nitrogen and oxygen atoms in total. The summed E-state index contributed by atoms with van der Waals surface area (Å²) in [6, 6.07) is 0. The molecule has 0 atom stereocenters. The summed E-state index contributed by atoms with van der Waals surface area (Å²) in [6.07, 6.45) is 0. The lowest BCUT2D eigenvalue weighted by molar-refractivity contribution is 0.0820.